The van der Waals surface area contributed by atoms with Gasteiger partial charge in [-0.15, -0.1) is 0 Å². The van der Waals surface area contributed by atoms with Gasteiger partial charge < -0.3 is 10.1 Å². The summed E-state index contributed by atoms with van der Waals surface area (Å²) in [4.78, 5) is 2.61. The summed E-state index contributed by atoms with van der Waals surface area (Å²) in [6.07, 6.45) is 6.40. The van der Waals surface area contributed by atoms with Crippen molar-refractivity contribution >= 4 is 0 Å². The van der Waals surface area contributed by atoms with Crippen molar-refractivity contribution in [3.63, 3.8) is 0 Å². The van der Waals surface area contributed by atoms with Gasteiger partial charge in [0.1, 0.15) is 0 Å². The van der Waals surface area contributed by atoms with E-state index in [-0.39, 0.29) is 0 Å². The number of hydrogen-bond acceptors (Lipinski definition) is 3. The minimum absolute atomic E-state index is 0.489. The normalized spacial score (nSPS) is 34.9. The first-order chi connectivity index (χ1) is 9.03. The highest BCUT2D eigenvalue weighted by Gasteiger charge is 2.39. The first-order valence-electron chi connectivity index (χ1n) is 8.06. The molecule has 0 aromatic carbocycles. The van der Waals surface area contributed by atoms with Gasteiger partial charge in [-0.1, -0.05) is 20.8 Å². The quantitative estimate of drug-likeness (QED) is 0.829. The van der Waals surface area contributed by atoms with Crippen molar-refractivity contribution in [1.82, 2.24) is 10.2 Å². The van der Waals surface area contributed by atoms with Crippen LogP contribution in [0.2, 0.25) is 0 Å². The second-order valence-electron chi connectivity index (χ2n) is 7.22. The molecule has 2 fully saturated rings. The van der Waals surface area contributed by atoms with Crippen LogP contribution in [0.5, 0.6) is 0 Å². The molecule has 3 atom stereocenters. The lowest BCUT2D eigenvalue weighted by atomic mass is 9.72. The van der Waals surface area contributed by atoms with Crippen molar-refractivity contribution in [2.24, 2.45) is 5.41 Å². The number of ether oxygens (including phenoxy) is 1. The van der Waals surface area contributed by atoms with Crippen LogP contribution in [0.15, 0.2) is 0 Å². The molecule has 1 N–H and O–H groups in total. The predicted octanol–water partition coefficient (Wildman–Crippen LogP) is 2.65. The lowest BCUT2D eigenvalue weighted by Crippen LogP contribution is -2.56. The van der Waals surface area contributed by atoms with Crippen molar-refractivity contribution in [2.45, 2.75) is 71.0 Å². The van der Waals surface area contributed by atoms with E-state index in [2.05, 4.69) is 38.0 Å². The molecule has 19 heavy (non-hydrogen) atoms. The highest BCUT2D eigenvalue weighted by atomic mass is 16.5. The van der Waals surface area contributed by atoms with E-state index in [9.17, 15) is 0 Å². The molecule has 3 unspecified atom stereocenters. The molecule has 1 aliphatic carbocycles. The summed E-state index contributed by atoms with van der Waals surface area (Å²) in [7, 11) is 2.31. The van der Waals surface area contributed by atoms with Crippen LogP contribution in [0.25, 0.3) is 0 Å². The van der Waals surface area contributed by atoms with E-state index in [0.29, 0.717) is 23.5 Å². The molecule has 0 spiro atoms. The molecule has 2 rings (SSSR count). The molecule has 0 amide bonds. The Morgan fingerprint density at radius 2 is 2.11 bits per heavy atom. The molecular formula is C16H32N2O. The molecule has 1 aliphatic heterocycles. The van der Waals surface area contributed by atoms with E-state index >= 15 is 0 Å². The Hall–Kier alpha value is -0.120. The Labute approximate surface area is 119 Å². The van der Waals surface area contributed by atoms with Crippen molar-refractivity contribution in [2.75, 3.05) is 26.8 Å². The molecule has 0 bridgehead atoms. The van der Waals surface area contributed by atoms with Crippen molar-refractivity contribution in [3.8, 4) is 0 Å². The standard InChI is InChI=1S/C16H32N2O/c1-5-9-17-14-6-8-16(2,3)11-15(14)18(4)13-7-10-19-12-13/h13-15,17H,5-12H2,1-4H3. The average molecular weight is 268 g/mol. The Morgan fingerprint density at radius 1 is 1.32 bits per heavy atom. The minimum Gasteiger partial charge on any atom is -0.380 e. The number of nitrogens with zero attached hydrogens (tertiary/aromatic N) is 1. The molecule has 3 nitrogen and oxygen atoms in total. The zero-order valence-electron chi connectivity index (χ0n) is 13.2. The Balaban J connectivity index is 2.01. The zero-order chi connectivity index (χ0) is 13.9. The highest BCUT2D eigenvalue weighted by molar-refractivity contribution is 4.95. The summed E-state index contributed by atoms with van der Waals surface area (Å²) in [5.74, 6) is 0. The van der Waals surface area contributed by atoms with E-state index in [1.54, 1.807) is 0 Å². The lowest BCUT2D eigenvalue weighted by molar-refractivity contribution is 0.0494. The third-order valence-electron chi connectivity index (χ3n) is 5.02. The summed E-state index contributed by atoms with van der Waals surface area (Å²) < 4.78 is 5.58. The summed E-state index contributed by atoms with van der Waals surface area (Å²) in [6, 6.07) is 1.96. The molecule has 3 heteroatoms. The predicted molar refractivity (Wildman–Crippen MR) is 80.5 cm³/mol. The number of rotatable bonds is 5. The van der Waals surface area contributed by atoms with Crippen LogP contribution in [0.4, 0.5) is 0 Å². The van der Waals surface area contributed by atoms with Gasteiger partial charge in [-0.05, 0) is 51.1 Å². The van der Waals surface area contributed by atoms with Crippen molar-refractivity contribution in [1.29, 1.82) is 0 Å². The second-order valence-corrected chi connectivity index (χ2v) is 7.22. The maximum Gasteiger partial charge on any atom is 0.0622 e. The number of likely N-dealkylation sites (N-methyl/N-ethyl adjacent to an activating group) is 1. The van der Waals surface area contributed by atoms with Gasteiger partial charge in [0.25, 0.3) is 0 Å². The number of hydrogen-bond donors (Lipinski definition) is 1. The van der Waals surface area contributed by atoms with Gasteiger partial charge in [-0.25, -0.2) is 0 Å². The van der Waals surface area contributed by atoms with Gasteiger partial charge in [0.05, 0.1) is 6.61 Å². The molecule has 112 valence electrons. The molecule has 2 aliphatic rings. The van der Waals surface area contributed by atoms with Gasteiger partial charge >= 0.3 is 0 Å². The van der Waals surface area contributed by atoms with Gasteiger partial charge in [-0.3, -0.25) is 4.90 Å². The average Bonchev–Trinajstić information content (AvgIpc) is 2.89. The van der Waals surface area contributed by atoms with Gasteiger partial charge in [0.15, 0.2) is 0 Å². The molecule has 1 heterocycles. The minimum atomic E-state index is 0.489. The third-order valence-corrected chi connectivity index (χ3v) is 5.02. The van der Waals surface area contributed by atoms with Crippen LogP contribution >= 0.6 is 0 Å². The van der Waals surface area contributed by atoms with E-state index < -0.39 is 0 Å². The second kappa shape index (κ2) is 6.55. The van der Waals surface area contributed by atoms with Crippen molar-refractivity contribution in [3.05, 3.63) is 0 Å². The molecule has 1 saturated carbocycles. The van der Waals surface area contributed by atoms with E-state index in [4.69, 9.17) is 4.74 Å². The van der Waals surface area contributed by atoms with E-state index in [1.807, 2.05) is 0 Å². The number of nitrogens with one attached hydrogen (secondary N) is 1. The summed E-state index contributed by atoms with van der Waals surface area (Å²) >= 11 is 0. The van der Waals surface area contributed by atoms with Crippen LogP contribution in [0, 0.1) is 5.41 Å². The Bertz CT molecular complexity index is 274. The molecule has 0 aromatic rings. The van der Waals surface area contributed by atoms with Crippen LogP contribution in [0.1, 0.15) is 52.9 Å². The fraction of sp³-hybridized carbons (Fsp3) is 1.00. The van der Waals surface area contributed by atoms with Crippen LogP contribution in [-0.4, -0.2) is 49.8 Å². The maximum absolute atomic E-state index is 5.58. The third kappa shape index (κ3) is 3.93. The molecule has 0 radical (unpaired) electrons. The monoisotopic (exact) mass is 268 g/mol. The molecule has 0 aromatic heterocycles. The SMILES string of the molecule is CCCNC1CCC(C)(C)CC1N(C)C1CCOC1. The summed E-state index contributed by atoms with van der Waals surface area (Å²) in [6.45, 7) is 10.1. The van der Waals surface area contributed by atoms with Crippen molar-refractivity contribution < 1.29 is 4.74 Å². The summed E-state index contributed by atoms with van der Waals surface area (Å²) in [5.41, 5.74) is 0.489. The van der Waals surface area contributed by atoms with E-state index in [1.165, 1.54) is 32.1 Å². The zero-order valence-corrected chi connectivity index (χ0v) is 13.2. The van der Waals surface area contributed by atoms with Crippen LogP contribution < -0.4 is 5.32 Å². The first-order valence-corrected chi connectivity index (χ1v) is 8.06. The fourth-order valence-corrected chi connectivity index (χ4v) is 3.66. The fourth-order valence-electron chi connectivity index (χ4n) is 3.66. The Kier molecular flexibility index (Phi) is 5.27. The smallest absolute Gasteiger partial charge is 0.0622 e. The Morgan fingerprint density at radius 3 is 2.74 bits per heavy atom. The molecule has 1 saturated heterocycles. The van der Waals surface area contributed by atoms with Crippen LogP contribution in [0.3, 0.4) is 0 Å². The first kappa shape index (κ1) is 15.3. The van der Waals surface area contributed by atoms with Crippen LogP contribution in [-0.2, 0) is 4.74 Å². The maximum atomic E-state index is 5.58. The molecular weight excluding hydrogens is 236 g/mol. The summed E-state index contributed by atoms with van der Waals surface area (Å²) in [5, 5.41) is 3.78. The van der Waals surface area contributed by atoms with E-state index in [0.717, 1.165) is 19.8 Å². The lowest BCUT2D eigenvalue weighted by Gasteiger charge is -2.46. The highest BCUT2D eigenvalue weighted by Crippen LogP contribution is 2.38. The largest absolute Gasteiger partial charge is 0.380 e. The topological polar surface area (TPSA) is 24.5 Å². The van der Waals surface area contributed by atoms with Gasteiger partial charge in [0, 0.05) is 24.7 Å². The van der Waals surface area contributed by atoms with Gasteiger partial charge in [0.2, 0.25) is 0 Å². The van der Waals surface area contributed by atoms with Gasteiger partial charge in [-0.2, -0.15) is 0 Å².